The molecule has 0 aliphatic heterocycles. The molecule has 72 valence electrons. The van der Waals surface area contributed by atoms with Gasteiger partial charge in [-0.1, -0.05) is 0 Å². The Morgan fingerprint density at radius 3 is 2.62 bits per heavy atom. The van der Waals surface area contributed by atoms with E-state index in [1.165, 1.54) is 0 Å². The van der Waals surface area contributed by atoms with Crippen LogP contribution in [0.4, 0.5) is 5.69 Å². The summed E-state index contributed by atoms with van der Waals surface area (Å²) in [6, 6.07) is 5.76. The van der Waals surface area contributed by atoms with Gasteiger partial charge in [-0.3, -0.25) is 0 Å². The fourth-order valence-corrected chi connectivity index (χ4v) is 1.10. The molecule has 1 rings (SSSR count). The number of ether oxygens (including phenoxy) is 2. The number of benzene rings is 1. The molecule has 0 aliphatic carbocycles. The Morgan fingerprint density at radius 2 is 2.08 bits per heavy atom. The second kappa shape index (κ2) is 4.60. The van der Waals surface area contributed by atoms with Crippen LogP contribution >= 0.6 is 0 Å². The molecule has 0 amide bonds. The van der Waals surface area contributed by atoms with Crippen LogP contribution in [0.1, 0.15) is 6.92 Å². The molecular formula is C10H15NO2. The predicted octanol–water partition coefficient (Wildman–Crippen LogP) is 2.14. The van der Waals surface area contributed by atoms with Gasteiger partial charge in [0.2, 0.25) is 0 Å². The van der Waals surface area contributed by atoms with E-state index < -0.39 is 0 Å². The lowest BCUT2D eigenvalue weighted by molar-refractivity contribution is 0.311. The Morgan fingerprint density at radius 1 is 1.31 bits per heavy atom. The first-order chi connectivity index (χ1) is 6.31. The van der Waals surface area contributed by atoms with Crippen LogP contribution in [0, 0.1) is 0 Å². The summed E-state index contributed by atoms with van der Waals surface area (Å²) in [5, 5.41) is 3.04. The van der Waals surface area contributed by atoms with Crippen molar-refractivity contribution in [2.75, 3.05) is 26.1 Å². The average molecular weight is 181 g/mol. The van der Waals surface area contributed by atoms with Gasteiger partial charge in [0.1, 0.15) is 0 Å². The molecule has 1 N–H and O–H groups in total. The Hall–Kier alpha value is -1.38. The van der Waals surface area contributed by atoms with Crippen molar-refractivity contribution >= 4 is 5.69 Å². The number of anilines is 1. The van der Waals surface area contributed by atoms with Crippen molar-refractivity contribution in [3.63, 3.8) is 0 Å². The summed E-state index contributed by atoms with van der Waals surface area (Å²) in [5.74, 6) is 1.54. The Balaban J connectivity index is 2.93. The van der Waals surface area contributed by atoms with Crippen LogP contribution in [-0.4, -0.2) is 20.8 Å². The molecule has 0 atom stereocenters. The number of hydrogen-bond donors (Lipinski definition) is 1. The van der Waals surface area contributed by atoms with Gasteiger partial charge in [0.15, 0.2) is 11.5 Å². The zero-order valence-electron chi connectivity index (χ0n) is 8.26. The van der Waals surface area contributed by atoms with Crippen molar-refractivity contribution in [2.45, 2.75) is 6.92 Å². The largest absolute Gasteiger partial charge is 0.493 e. The van der Waals surface area contributed by atoms with E-state index in [2.05, 4.69) is 5.32 Å². The van der Waals surface area contributed by atoms with Crippen LogP contribution < -0.4 is 14.8 Å². The number of nitrogens with one attached hydrogen (secondary N) is 1. The quantitative estimate of drug-likeness (QED) is 0.771. The summed E-state index contributed by atoms with van der Waals surface area (Å²) < 4.78 is 10.5. The smallest absolute Gasteiger partial charge is 0.162 e. The van der Waals surface area contributed by atoms with E-state index in [4.69, 9.17) is 9.47 Å². The standard InChI is InChI=1S/C10H15NO2/c1-4-13-9-6-5-8(11-2)7-10(9)12-3/h5-7,11H,4H2,1-3H3. The Bertz CT molecular complexity index is 274. The van der Waals surface area contributed by atoms with Gasteiger partial charge >= 0.3 is 0 Å². The third-order valence-electron chi connectivity index (χ3n) is 1.75. The molecule has 0 fully saturated rings. The molecule has 0 aromatic heterocycles. The van der Waals surface area contributed by atoms with Gasteiger partial charge in [0.25, 0.3) is 0 Å². The van der Waals surface area contributed by atoms with Gasteiger partial charge in [0, 0.05) is 18.8 Å². The van der Waals surface area contributed by atoms with Crippen molar-refractivity contribution in [2.24, 2.45) is 0 Å². The van der Waals surface area contributed by atoms with Crippen LogP contribution in [0.2, 0.25) is 0 Å². The second-order valence-corrected chi connectivity index (χ2v) is 2.55. The van der Waals surface area contributed by atoms with E-state index in [-0.39, 0.29) is 0 Å². The first-order valence-electron chi connectivity index (χ1n) is 4.30. The van der Waals surface area contributed by atoms with E-state index in [0.717, 1.165) is 17.2 Å². The highest BCUT2D eigenvalue weighted by molar-refractivity contribution is 5.54. The van der Waals surface area contributed by atoms with E-state index in [1.807, 2.05) is 32.2 Å². The lowest BCUT2D eigenvalue weighted by atomic mass is 10.3. The van der Waals surface area contributed by atoms with Crippen LogP contribution in [0.3, 0.4) is 0 Å². The highest BCUT2D eigenvalue weighted by Crippen LogP contribution is 2.29. The minimum atomic E-state index is 0.648. The Labute approximate surface area is 78.7 Å². The summed E-state index contributed by atoms with van der Waals surface area (Å²) >= 11 is 0. The monoisotopic (exact) mass is 181 g/mol. The van der Waals surface area contributed by atoms with Gasteiger partial charge in [-0.25, -0.2) is 0 Å². The second-order valence-electron chi connectivity index (χ2n) is 2.55. The lowest BCUT2D eigenvalue weighted by Gasteiger charge is -2.10. The molecule has 1 aromatic rings. The molecule has 0 heterocycles. The van der Waals surface area contributed by atoms with Crippen molar-refractivity contribution in [1.82, 2.24) is 0 Å². The maximum Gasteiger partial charge on any atom is 0.162 e. The number of methoxy groups -OCH3 is 1. The summed E-state index contributed by atoms with van der Waals surface area (Å²) in [6.45, 7) is 2.60. The van der Waals surface area contributed by atoms with Crippen molar-refractivity contribution in [1.29, 1.82) is 0 Å². The molecule has 0 saturated heterocycles. The van der Waals surface area contributed by atoms with Gasteiger partial charge in [-0.05, 0) is 19.1 Å². The topological polar surface area (TPSA) is 30.5 Å². The van der Waals surface area contributed by atoms with Crippen molar-refractivity contribution in [3.05, 3.63) is 18.2 Å². The third kappa shape index (κ3) is 2.28. The fourth-order valence-electron chi connectivity index (χ4n) is 1.10. The molecule has 1 aromatic carbocycles. The molecule has 13 heavy (non-hydrogen) atoms. The summed E-state index contributed by atoms with van der Waals surface area (Å²) in [4.78, 5) is 0. The average Bonchev–Trinajstić information content (AvgIpc) is 2.19. The Kier molecular flexibility index (Phi) is 3.43. The molecule has 3 heteroatoms. The van der Waals surface area contributed by atoms with Crippen LogP contribution in [0.5, 0.6) is 11.5 Å². The maximum atomic E-state index is 5.37. The number of hydrogen-bond acceptors (Lipinski definition) is 3. The molecule has 0 unspecified atom stereocenters. The molecule has 0 saturated carbocycles. The lowest BCUT2D eigenvalue weighted by Crippen LogP contribution is -1.96. The van der Waals surface area contributed by atoms with Crippen LogP contribution in [0.25, 0.3) is 0 Å². The third-order valence-corrected chi connectivity index (χ3v) is 1.75. The van der Waals surface area contributed by atoms with Gasteiger partial charge < -0.3 is 14.8 Å². The first-order valence-corrected chi connectivity index (χ1v) is 4.30. The van der Waals surface area contributed by atoms with Gasteiger partial charge in [-0.15, -0.1) is 0 Å². The highest BCUT2D eigenvalue weighted by atomic mass is 16.5. The van der Waals surface area contributed by atoms with E-state index >= 15 is 0 Å². The zero-order chi connectivity index (χ0) is 9.68. The zero-order valence-corrected chi connectivity index (χ0v) is 8.26. The van der Waals surface area contributed by atoms with Crippen molar-refractivity contribution < 1.29 is 9.47 Å². The molecule has 0 bridgehead atoms. The molecule has 0 spiro atoms. The summed E-state index contributed by atoms with van der Waals surface area (Å²) in [6.07, 6.45) is 0. The molecule has 0 aliphatic rings. The summed E-state index contributed by atoms with van der Waals surface area (Å²) in [5.41, 5.74) is 1.01. The SMILES string of the molecule is CCOc1ccc(NC)cc1OC. The minimum Gasteiger partial charge on any atom is -0.493 e. The number of rotatable bonds is 4. The maximum absolute atomic E-state index is 5.37. The molecule has 3 nitrogen and oxygen atoms in total. The van der Waals surface area contributed by atoms with Crippen LogP contribution in [-0.2, 0) is 0 Å². The molecule has 0 radical (unpaired) electrons. The molecular weight excluding hydrogens is 166 g/mol. The minimum absolute atomic E-state index is 0.648. The van der Waals surface area contributed by atoms with Gasteiger partial charge in [0.05, 0.1) is 13.7 Å². The predicted molar refractivity (Wildman–Crippen MR) is 53.7 cm³/mol. The van der Waals surface area contributed by atoms with E-state index in [0.29, 0.717) is 6.61 Å². The normalized spacial score (nSPS) is 9.46. The van der Waals surface area contributed by atoms with E-state index in [9.17, 15) is 0 Å². The fraction of sp³-hybridized carbons (Fsp3) is 0.400. The van der Waals surface area contributed by atoms with Crippen LogP contribution in [0.15, 0.2) is 18.2 Å². The summed E-state index contributed by atoms with van der Waals surface area (Å²) in [7, 11) is 3.51. The van der Waals surface area contributed by atoms with E-state index in [1.54, 1.807) is 7.11 Å². The first kappa shape index (κ1) is 9.71. The highest BCUT2D eigenvalue weighted by Gasteiger charge is 2.03. The van der Waals surface area contributed by atoms with Crippen molar-refractivity contribution in [3.8, 4) is 11.5 Å². The van der Waals surface area contributed by atoms with Gasteiger partial charge in [-0.2, -0.15) is 0 Å².